The molecule has 0 unspecified atom stereocenters. The largest absolute Gasteiger partial charge is 3.00 e. The van der Waals surface area contributed by atoms with Crippen LogP contribution < -0.4 is 0 Å². The zero-order valence-electron chi connectivity index (χ0n) is 6.68. The second-order valence-electron chi connectivity index (χ2n) is 1.46. The van der Waals surface area contributed by atoms with Crippen LogP contribution in [0.4, 0.5) is 0 Å². The molecule has 0 atom stereocenters. The first-order chi connectivity index (χ1) is 3.91. The van der Waals surface area contributed by atoms with Gasteiger partial charge in [-0.3, -0.25) is 0 Å². The van der Waals surface area contributed by atoms with Crippen LogP contribution in [-0.2, 0) is 17.1 Å². The molecule has 0 radical (unpaired) electrons. The van der Waals surface area contributed by atoms with E-state index in [0.717, 1.165) is 6.42 Å². The topological polar surface area (TPSA) is 0 Å². The fourth-order valence-electron chi connectivity index (χ4n) is 0.321. The summed E-state index contributed by atoms with van der Waals surface area (Å²) in [6.07, 6.45) is 1.00. The van der Waals surface area contributed by atoms with Gasteiger partial charge in [0.25, 0.3) is 0 Å². The van der Waals surface area contributed by atoms with Crippen molar-refractivity contribution in [1.82, 2.24) is 0 Å². The van der Waals surface area contributed by atoms with Crippen LogP contribution in [0, 0.1) is 14.4 Å². The Labute approximate surface area is 75.5 Å². The average molecular weight is 178 g/mol. The van der Waals surface area contributed by atoms with Crippen molar-refractivity contribution in [3.8, 4) is 0 Å². The monoisotopic (exact) mass is 178 g/mol. The van der Waals surface area contributed by atoms with E-state index in [2.05, 4.69) is 6.92 Å². The number of hydrogen-bond acceptors (Lipinski definition) is 0. The quantitative estimate of drug-likeness (QED) is 0.423. The van der Waals surface area contributed by atoms with Crippen LogP contribution in [0.3, 0.4) is 0 Å². The first-order valence-corrected chi connectivity index (χ1v) is 2.87. The molecule has 1 rings (SSSR count). The second-order valence-corrected chi connectivity index (χ2v) is 1.46. The van der Waals surface area contributed by atoms with Gasteiger partial charge in [-0.05, 0) is 0 Å². The van der Waals surface area contributed by atoms with E-state index in [4.69, 9.17) is 0 Å². The molecule has 0 nitrogen and oxygen atoms in total. The molecular formula is C9H15Mn. The fourth-order valence-corrected chi connectivity index (χ4v) is 0.321. The van der Waals surface area contributed by atoms with Crippen LogP contribution >= 0.6 is 0 Å². The predicted octanol–water partition coefficient (Wildman–Crippen LogP) is 3.08. The van der Waals surface area contributed by atoms with Crippen LogP contribution in [0.25, 0.3) is 0 Å². The minimum absolute atomic E-state index is 0. The molecule has 0 aromatic heterocycles. The molecule has 0 spiro atoms. The zero-order valence-corrected chi connectivity index (χ0v) is 7.86. The third-order valence-electron chi connectivity index (χ3n) is 0.556. The summed E-state index contributed by atoms with van der Waals surface area (Å²) in [5.41, 5.74) is 0. The smallest absolute Gasteiger partial charge is 0.358 e. The van der Waals surface area contributed by atoms with Crippen molar-refractivity contribution < 1.29 is 17.1 Å². The summed E-state index contributed by atoms with van der Waals surface area (Å²) in [6.45, 7) is 5.50. The molecule has 0 heterocycles. The third kappa shape index (κ3) is 15.7. The maximum absolute atomic E-state index is 3.49. The first kappa shape index (κ1) is 16.5. The molecule has 58 valence electrons. The molecule has 0 bridgehead atoms. The summed E-state index contributed by atoms with van der Waals surface area (Å²) < 4.78 is 0. The van der Waals surface area contributed by atoms with E-state index in [9.17, 15) is 0 Å². The van der Waals surface area contributed by atoms with Crippen LogP contribution in [0.1, 0.15) is 13.3 Å². The summed E-state index contributed by atoms with van der Waals surface area (Å²) in [7, 11) is 0. The van der Waals surface area contributed by atoms with Gasteiger partial charge in [0.05, 0.1) is 0 Å². The van der Waals surface area contributed by atoms with Crippen molar-refractivity contribution in [2.45, 2.75) is 13.3 Å². The van der Waals surface area contributed by atoms with Crippen molar-refractivity contribution in [3.05, 3.63) is 44.7 Å². The molecule has 0 N–H and O–H groups in total. The maximum Gasteiger partial charge on any atom is 3.00 e. The maximum atomic E-state index is 3.49. The van der Waals surface area contributed by atoms with E-state index in [1.165, 1.54) is 0 Å². The summed E-state index contributed by atoms with van der Waals surface area (Å²) in [5.74, 6) is 0. The van der Waals surface area contributed by atoms with E-state index in [1.54, 1.807) is 0 Å². The van der Waals surface area contributed by atoms with Crippen LogP contribution in [0.15, 0.2) is 30.3 Å². The minimum Gasteiger partial charge on any atom is -0.358 e. The van der Waals surface area contributed by atoms with E-state index in [-0.39, 0.29) is 24.5 Å². The Bertz CT molecular complexity index is 71.6. The molecule has 0 saturated heterocycles. The van der Waals surface area contributed by atoms with Gasteiger partial charge in [0.1, 0.15) is 0 Å². The van der Waals surface area contributed by atoms with E-state index >= 15 is 0 Å². The molecular weight excluding hydrogens is 163 g/mol. The van der Waals surface area contributed by atoms with E-state index in [0.29, 0.717) is 0 Å². The van der Waals surface area contributed by atoms with Gasteiger partial charge in [0.2, 0.25) is 0 Å². The Kier molecular flexibility index (Phi) is 26.2. The molecule has 10 heavy (non-hydrogen) atoms. The normalized spacial score (nSPS) is 5.80. The second kappa shape index (κ2) is 15.9. The number of rotatable bonds is 0. The SMILES string of the molecule is [CH2-]CC.[CH3-].[Mn+3].c1cc[cH-]c1. The van der Waals surface area contributed by atoms with Crippen LogP contribution in [0.2, 0.25) is 0 Å². The fraction of sp³-hybridized carbons (Fsp3) is 0.222. The molecule has 1 aromatic carbocycles. The zero-order chi connectivity index (χ0) is 6.24. The van der Waals surface area contributed by atoms with E-state index in [1.807, 2.05) is 37.3 Å². The molecule has 0 aliphatic heterocycles. The summed E-state index contributed by atoms with van der Waals surface area (Å²) in [4.78, 5) is 0. The Balaban J connectivity index is -0.0000000900. The van der Waals surface area contributed by atoms with Gasteiger partial charge in [0.15, 0.2) is 0 Å². The van der Waals surface area contributed by atoms with Gasteiger partial charge >= 0.3 is 17.1 Å². The predicted molar refractivity (Wildman–Crippen MR) is 44.1 cm³/mol. The first-order valence-electron chi connectivity index (χ1n) is 2.87. The third-order valence-corrected chi connectivity index (χ3v) is 0.556. The molecule has 0 saturated carbocycles. The van der Waals surface area contributed by atoms with Crippen molar-refractivity contribution >= 4 is 0 Å². The number of hydrogen-bond donors (Lipinski definition) is 0. The van der Waals surface area contributed by atoms with Gasteiger partial charge in [-0.15, -0.1) is 0 Å². The van der Waals surface area contributed by atoms with Gasteiger partial charge < -0.3 is 14.4 Å². The minimum atomic E-state index is 0. The van der Waals surface area contributed by atoms with Crippen LogP contribution in [0.5, 0.6) is 0 Å². The van der Waals surface area contributed by atoms with Crippen molar-refractivity contribution in [2.24, 2.45) is 0 Å². The van der Waals surface area contributed by atoms with Gasteiger partial charge in [-0.2, -0.15) is 24.6 Å². The molecule has 0 aliphatic rings. The summed E-state index contributed by atoms with van der Waals surface area (Å²) in [6, 6.07) is 10.0. The molecule has 1 heteroatoms. The van der Waals surface area contributed by atoms with Gasteiger partial charge in [-0.25, -0.2) is 12.1 Å². The summed E-state index contributed by atoms with van der Waals surface area (Å²) in [5, 5.41) is 0. The Morgan fingerprint density at radius 2 is 1.60 bits per heavy atom. The van der Waals surface area contributed by atoms with Crippen molar-refractivity contribution in [3.63, 3.8) is 0 Å². The summed E-state index contributed by atoms with van der Waals surface area (Å²) >= 11 is 0. The Morgan fingerprint density at radius 3 is 1.70 bits per heavy atom. The Hall–Kier alpha value is -0.131. The van der Waals surface area contributed by atoms with Crippen LogP contribution in [-0.4, -0.2) is 0 Å². The van der Waals surface area contributed by atoms with Gasteiger partial charge in [0, 0.05) is 0 Å². The molecule has 1 aromatic rings. The average Bonchev–Trinajstić information content (AvgIpc) is 2.17. The van der Waals surface area contributed by atoms with Gasteiger partial charge in [-0.1, -0.05) is 6.92 Å². The van der Waals surface area contributed by atoms with Crippen molar-refractivity contribution in [1.29, 1.82) is 0 Å². The molecule has 0 fully saturated rings. The van der Waals surface area contributed by atoms with E-state index < -0.39 is 0 Å². The van der Waals surface area contributed by atoms with Crippen molar-refractivity contribution in [2.75, 3.05) is 0 Å². The Morgan fingerprint density at radius 1 is 1.30 bits per heavy atom. The molecule has 0 amide bonds. The standard InChI is InChI=1S/C5H5.C3H7.CH3.Mn/c1-2-4-5-3-1;1-3-2;;/h1-5H;1,3H2,2H3;1H3;/q3*-1;+3. The molecule has 0 aliphatic carbocycles.